The molecule has 3 aromatic rings. The second kappa shape index (κ2) is 14.2. The molecule has 0 aliphatic rings. The molecule has 0 aliphatic heterocycles. The Morgan fingerprint density at radius 3 is 2.20 bits per heavy atom. The molecular weight excluding hydrogens is 514 g/mol. The summed E-state index contributed by atoms with van der Waals surface area (Å²) < 4.78 is 5.47. The van der Waals surface area contributed by atoms with Crippen molar-refractivity contribution in [3.63, 3.8) is 0 Å². The van der Waals surface area contributed by atoms with Gasteiger partial charge in [-0.1, -0.05) is 88.2 Å². The highest BCUT2D eigenvalue weighted by molar-refractivity contribution is 6.00. The molecule has 0 saturated heterocycles. The summed E-state index contributed by atoms with van der Waals surface area (Å²) in [6.07, 6.45) is 1.93. The van der Waals surface area contributed by atoms with Crippen LogP contribution >= 0.6 is 0 Å². The summed E-state index contributed by atoms with van der Waals surface area (Å²) in [4.78, 5) is 42.9. The number of aryl methyl sites for hydroxylation is 1. The molecule has 220 valence electrons. The molecule has 0 bridgehead atoms. The molecule has 2 atom stereocenters. The number of carbonyl (C=O) groups excluding carboxylic acids is 3. The highest BCUT2D eigenvalue weighted by atomic mass is 16.6. The van der Waals surface area contributed by atoms with Crippen molar-refractivity contribution in [3.8, 4) is 0 Å². The lowest BCUT2D eigenvalue weighted by molar-refractivity contribution is -0.141. The molecule has 0 aliphatic carbocycles. The number of ether oxygens (including phenoxy) is 1. The summed E-state index contributed by atoms with van der Waals surface area (Å²) in [7, 11) is 0. The van der Waals surface area contributed by atoms with Gasteiger partial charge in [-0.2, -0.15) is 0 Å². The number of hydrogen-bond donors (Lipinski definition) is 2. The highest BCUT2D eigenvalue weighted by Gasteiger charge is 2.37. The van der Waals surface area contributed by atoms with Crippen LogP contribution < -0.4 is 10.6 Å². The molecule has 2 N–H and O–H groups in total. The second-order valence-corrected chi connectivity index (χ2v) is 11.9. The number of rotatable bonds is 11. The summed E-state index contributed by atoms with van der Waals surface area (Å²) in [6, 6.07) is 19.6. The van der Waals surface area contributed by atoms with Crippen LogP contribution in [0, 0.1) is 12.8 Å². The van der Waals surface area contributed by atoms with Crippen LogP contribution in [-0.4, -0.2) is 41.0 Å². The summed E-state index contributed by atoms with van der Waals surface area (Å²) in [5.41, 5.74) is 1.59. The number of benzene rings is 3. The van der Waals surface area contributed by atoms with Crippen LogP contribution in [0.5, 0.6) is 0 Å². The van der Waals surface area contributed by atoms with Crippen molar-refractivity contribution in [1.29, 1.82) is 0 Å². The standard InChI is InChI=1S/C34H45N3O4/c1-8-9-14-21-37(32(39)29(23(2)3)36-33(40)41-34(5,6)7)30(28-18-13-10-15-24(28)4)31(38)35-27-20-19-25-16-11-12-17-26(25)22-27/h10-13,15-20,22-23,29-30H,8-9,14,21H2,1-7H3,(H,35,38)(H,36,40). The summed E-state index contributed by atoms with van der Waals surface area (Å²) in [5.74, 6) is -0.854. The first-order chi connectivity index (χ1) is 19.4. The van der Waals surface area contributed by atoms with Crippen LogP contribution in [0.15, 0.2) is 66.7 Å². The van der Waals surface area contributed by atoms with E-state index in [2.05, 4.69) is 17.6 Å². The highest BCUT2D eigenvalue weighted by Crippen LogP contribution is 2.29. The minimum atomic E-state index is -0.895. The lowest BCUT2D eigenvalue weighted by atomic mass is 9.95. The maximum atomic E-state index is 14.3. The predicted octanol–water partition coefficient (Wildman–Crippen LogP) is 7.40. The van der Waals surface area contributed by atoms with Crippen molar-refractivity contribution in [1.82, 2.24) is 10.2 Å². The smallest absolute Gasteiger partial charge is 0.408 e. The molecule has 0 heterocycles. The van der Waals surface area contributed by atoms with Crippen molar-refractivity contribution >= 4 is 34.4 Å². The quantitative estimate of drug-likeness (QED) is 0.240. The number of amides is 3. The van der Waals surface area contributed by atoms with E-state index in [0.717, 1.165) is 41.2 Å². The number of unbranched alkanes of at least 4 members (excludes halogenated alkanes) is 2. The third kappa shape index (κ3) is 8.81. The number of anilines is 1. The van der Waals surface area contributed by atoms with Crippen molar-refractivity contribution in [2.75, 3.05) is 11.9 Å². The number of nitrogens with zero attached hydrogens (tertiary/aromatic N) is 1. The van der Waals surface area contributed by atoms with E-state index in [-0.39, 0.29) is 17.7 Å². The number of hydrogen-bond acceptors (Lipinski definition) is 4. The van der Waals surface area contributed by atoms with E-state index < -0.39 is 23.8 Å². The first kappa shape index (κ1) is 31.7. The maximum Gasteiger partial charge on any atom is 0.408 e. The molecule has 0 radical (unpaired) electrons. The van der Waals surface area contributed by atoms with E-state index >= 15 is 0 Å². The normalized spacial score (nSPS) is 13.0. The fourth-order valence-corrected chi connectivity index (χ4v) is 4.85. The Balaban J connectivity index is 2.03. The topological polar surface area (TPSA) is 87.7 Å². The van der Waals surface area contributed by atoms with Gasteiger partial charge in [0.1, 0.15) is 17.7 Å². The Labute approximate surface area is 244 Å². The fourth-order valence-electron chi connectivity index (χ4n) is 4.85. The minimum absolute atomic E-state index is 0.232. The van der Waals surface area contributed by atoms with Gasteiger partial charge in [0, 0.05) is 12.2 Å². The average molecular weight is 560 g/mol. The number of fused-ring (bicyclic) bond motifs is 1. The summed E-state index contributed by atoms with van der Waals surface area (Å²) in [6.45, 7) is 13.5. The molecule has 41 heavy (non-hydrogen) atoms. The molecule has 2 unspecified atom stereocenters. The molecule has 7 heteroatoms. The molecule has 7 nitrogen and oxygen atoms in total. The Kier molecular flexibility index (Phi) is 10.9. The predicted molar refractivity (Wildman–Crippen MR) is 166 cm³/mol. The maximum absolute atomic E-state index is 14.3. The van der Waals surface area contributed by atoms with E-state index in [1.54, 1.807) is 25.7 Å². The van der Waals surface area contributed by atoms with Gasteiger partial charge in [-0.3, -0.25) is 9.59 Å². The zero-order valence-electron chi connectivity index (χ0n) is 25.5. The zero-order chi connectivity index (χ0) is 30.2. The van der Waals surface area contributed by atoms with Gasteiger partial charge in [-0.25, -0.2) is 4.79 Å². The van der Waals surface area contributed by atoms with Gasteiger partial charge in [0.15, 0.2) is 0 Å². The van der Waals surface area contributed by atoms with Gasteiger partial charge in [-0.15, -0.1) is 0 Å². The van der Waals surface area contributed by atoms with Gasteiger partial charge in [-0.05, 0) is 74.1 Å². The fraction of sp³-hybridized carbons (Fsp3) is 0.441. The van der Waals surface area contributed by atoms with Crippen molar-refractivity contribution in [2.24, 2.45) is 5.92 Å². The van der Waals surface area contributed by atoms with Crippen molar-refractivity contribution in [3.05, 3.63) is 77.9 Å². The Morgan fingerprint density at radius 1 is 0.902 bits per heavy atom. The van der Waals surface area contributed by atoms with Crippen molar-refractivity contribution < 1.29 is 19.1 Å². The first-order valence-electron chi connectivity index (χ1n) is 14.6. The molecule has 3 rings (SSSR count). The van der Waals surface area contributed by atoms with Crippen LogP contribution in [0.2, 0.25) is 0 Å². The molecule has 3 amide bonds. The zero-order valence-corrected chi connectivity index (χ0v) is 25.5. The first-order valence-corrected chi connectivity index (χ1v) is 14.6. The van der Waals surface area contributed by atoms with E-state index in [4.69, 9.17) is 4.74 Å². The second-order valence-electron chi connectivity index (χ2n) is 11.9. The van der Waals surface area contributed by atoms with Gasteiger partial charge in [0.25, 0.3) is 5.91 Å². The molecule has 0 spiro atoms. The summed E-state index contributed by atoms with van der Waals surface area (Å²) >= 11 is 0. The largest absolute Gasteiger partial charge is 0.444 e. The molecule has 0 fully saturated rings. The van der Waals surface area contributed by atoms with Gasteiger partial charge >= 0.3 is 6.09 Å². The Bertz CT molecular complexity index is 1350. The minimum Gasteiger partial charge on any atom is -0.444 e. The van der Waals surface area contributed by atoms with Crippen LogP contribution in [0.3, 0.4) is 0 Å². The lowest BCUT2D eigenvalue weighted by Crippen LogP contribution is -2.54. The average Bonchev–Trinajstić information content (AvgIpc) is 2.90. The third-order valence-electron chi connectivity index (χ3n) is 6.95. The lowest BCUT2D eigenvalue weighted by Gasteiger charge is -2.36. The van der Waals surface area contributed by atoms with Crippen LogP contribution in [0.4, 0.5) is 10.5 Å². The van der Waals surface area contributed by atoms with Crippen LogP contribution in [0.25, 0.3) is 10.8 Å². The number of nitrogens with one attached hydrogen (secondary N) is 2. The molecular formula is C34H45N3O4. The van der Waals surface area contributed by atoms with Gasteiger partial charge in [0.05, 0.1) is 0 Å². The van der Waals surface area contributed by atoms with E-state index in [9.17, 15) is 14.4 Å². The molecule has 0 saturated carbocycles. The van der Waals surface area contributed by atoms with Gasteiger partial charge < -0.3 is 20.3 Å². The van der Waals surface area contributed by atoms with Crippen molar-refractivity contribution in [2.45, 2.75) is 85.4 Å². The number of carbonyl (C=O) groups is 3. The Hall–Kier alpha value is -3.87. The number of alkyl carbamates (subject to hydrolysis) is 1. The Morgan fingerprint density at radius 2 is 1.56 bits per heavy atom. The van der Waals surface area contributed by atoms with Crippen LogP contribution in [-0.2, 0) is 14.3 Å². The molecule has 0 aromatic heterocycles. The van der Waals surface area contributed by atoms with E-state index in [1.807, 2.05) is 87.5 Å². The third-order valence-corrected chi connectivity index (χ3v) is 6.95. The molecule has 3 aromatic carbocycles. The monoisotopic (exact) mass is 559 g/mol. The van der Waals surface area contributed by atoms with Crippen LogP contribution in [0.1, 0.15) is 78.0 Å². The van der Waals surface area contributed by atoms with E-state index in [0.29, 0.717) is 12.2 Å². The van der Waals surface area contributed by atoms with E-state index in [1.165, 1.54) is 0 Å². The van der Waals surface area contributed by atoms with Gasteiger partial charge in [0.2, 0.25) is 5.91 Å². The SMILES string of the molecule is CCCCCN(C(=O)C(NC(=O)OC(C)(C)C)C(C)C)C(C(=O)Nc1ccc2ccccc2c1)c1ccccc1C. The summed E-state index contributed by atoms with van der Waals surface area (Å²) in [5, 5.41) is 7.95.